The minimum atomic E-state index is -2.18. The van der Waals surface area contributed by atoms with Crippen molar-refractivity contribution in [3.05, 3.63) is 90.5 Å². The Labute approximate surface area is 319 Å². The van der Waals surface area contributed by atoms with Crippen molar-refractivity contribution in [1.29, 1.82) is 0 Å². The van der Waals surface area contributed by atoms with Gasteiger partial charge in [-0.25, -0.2) is 9.59 Å². The Morgan fingerprint density at radius 3 is 2.07 bits per heavy atom. The fraction of sp³-hybridized carbons (Fsp3) is 0.514. The van der Waals surface area contributed by atoms with Gasteiger partial charge in [0.2, 0.25) is 5.91 Å². The van der Waals surface area contributed by atoms with Gasteiger partial charge in [0.25, 0.3) is 11.4 Å². The van der Waals surface area contributed by atoms with E-state index in [1.54, 1.807) is 16.7 Å². The maximum absolute atomic E-state index is 13.8. The van der Waals surface area contributed by atoms with Gasteiger partial charge in [0.15, 0.2) is 8.32 Å². The highest BCUT2D eigenvalue weighted by molar-refractivity contribution is 8.03. The number of ether oxygens (including phenoxy) is 2. The van der Waals surface area contributed by atoms with Gasteiger partial charge in [0, 0.05) is 53.9 Å². The molecule has 0 aromatic heterocycles. The second kappa shape index (κ2) is 16.4. The van der Waals surface area contributed by atoms with Gasteiger partial charge in [0.1, 0.15) is 18.9 Å². The van der Waals surface area contributed by atoms with Crippen molar-refractivity contribution in [2.75, 3.05) is 13.1 Å². The first-order valence-corrected chi connectivity index (χ1v) is 21.6. The van der Waals surface area contributed by atoms with Crippen molar-refractivity contribution >= 4 is 55.8 Å². The largest absolute Gasteiger partial charge is 0.456 e. The summed E-state index contributed by atoms with van der Waals surface area (Å²) >= 11 is 1.56. The fourth-order valence-electron chi connectivity index (χ4n) is 6.61. The molecule has 0 aliphatic carbocycles. The standard InChI is InChI=1S/C37H47N5O10SSi/c1-23(52-54(6,7)37(3,4)5)32-30-18-31(33(40(30)34(32)43)35(44)50-20-25-8-12-28(13-9-25)41(46)47)53-24(2)27-16-17-39(19-27)22-38-36(45)51-21-26-10-14-29(15-11-26)42(48)49/h8-15,22-24,27,30,32H,16-21H2,1-7H3/t23?,24?,27?,30-,32?/m1/s1. The number of β-lactam (4-membered cyclic amide) rings is 1. The zero-order valence-corrected chi connectivity index (χ0v) is 33.4. The van der Waals surface area contributed by atoms with Crippen LogP contribution < -0.4 is 0 Å². The number of aliphatic imine (C=N–C) groups is 1. The second-order valence-corrected chi connectivity index (χ2v) is 21.7. The smallest absolute Gasteiger partial charge is 0.435 e. The number of rotatable bonds is 14. The number of hydrogen-bond donors (Lipinski definition) is 0. The van der Waals surface area contributed by atoms with E-state index in [9.17, 15) is 34.6 Å². The van der Waals surface area contributed by atoms with Crippen LogP contribution in [0.5, 0.6) is 0 Å². The number of esters is 1. The first-order chi connectivity index (χ1) is 25.4. The minimum absolute atomic E-state index is 0.0399. The highest BCUT2D eigenvalue weighted by Crippen LogP contribution is 2.50. The summed E-state index contributed by atoms with van der Waals surface area (Å²) in [5, 5.41) is 21.9. The second-order valence-electron chi connectivity index (χ2n) is 15.4. The minimum Gasteiger partial charge on any atom is -0.456 e. The van der Waals surface area contributed by atoms with Crippen LogP contribution in [0.2, 0.25) is 18.1 Å². The molecule has 15 nitrogen and oxygen atoms in total. The molecule has 0 spiro atoms. The van der Waals surface area contributed by atoms with Gasteiger partial charge >= 0.3 is 12.1 Å². The van der Waals surface area contributed by atoms with Crippen LogP contribution in [-0.4, -0.2) is 82.8 Å². The molecule has 3 heterocycles. The zero-order valence-electron chi connectivity index (χ0n) is 31.6. The summed E-state index contributed by atoms with van der Waals surface area (Å²) in [5.41, 5.74) is 1.30. The number of thioether (sulfide) groups is 1. The first-order valence-electron chi connectivity index (χ1n) is 17.9. The third-order valence-electron chi connectivity index (χ3n) is 10.8. The molecule has 0 N–H and O–H groups in total. The number of nitro benzene ring substituents is 2. The van der Waals surface area contributed by atoms with Gasteiger partial charge in [-0.3, -0.25) is 25.0 Å². The van der Waals surface area contributed by atoms with Crippen LogP contribution in [0.25, 0.3) is 0 Å². The van der Waals surface area contributed by atoms with E-state index in [0.717, 1.165) is 11.3 Å². The van der Waals surface area contributed by atoms with Crippen molar-refractivity contribution in [3.63, 3.8) is 0 Å². The summed E-state index contributed by atoms with van der Waals surface area (Å²) in [6.07, 6.45) is 1.67. The Morgan fingerprint density at radius 1 is 0.981 bits per heavy atom. The first kappa shape index (κ1) is 40.6. The number of benzene rings is 2. The van der Waals surface area contributed by atoms with Gasteiger partial charge in [0.05, 0.1) is 34.2 Å². The van der Waals surface area contributed by atoms with E-state index >= 15 is 0 Å². The lowest BCUT2D eigenvalue weighted by Gasteiger charge is -2.48. The molecule has 5 rings (SSSR count). The number of non-ortho nitro benzene ring substituents is 2. The lowest BCUT2D eigenvalue weighted by Crippen LogP contribution is -2.63. The highest BCUT2D eigenvalue weighted by Gasteiger charge is 2.58. The van der Waals surface area contributed by atoms with E-state index in [1.165, 1.54) is 54.9 Å². The Morgan fingerprint density at radius 2 is 1.54 bits per heavy atom. The van der Waals surface area contributed by atoms with E-state index in [0.29, 0.717) is 30.6 Å². The van der Waals surface area contributed by atoms with Gasteiger partial charge in [-0.15, -0.1) is 11.8 Å². The van der Waals surface area contributed by atoms with Crippen LogP contribution in [0.1, 0.15) is 58.6 Å². The Kier molecular flexibility index (Phi) is 12.3. The van der Waals surface area contributed by atoms with Crippen LogP contribution in [0.3, 0.4) is 0 Å². The van der Waals surface area contributed by atoms with Gasteiger partial charge in [-0.05, 0) is 72.8 Å². The number of likely N-dealkylation sites (tertiary alicyclic amines) is 1. The summed E-state index contributed by atoms with van der Waals surface area (Å²) in [6.45, 7) is 15.9. The highest BCUT2D eigenvalue weighted by atomic mass is 32.2. The molecule has 3 aliphatic rings. The third-order valence-corrected chi connectivity index (χ3v) is 16.7. The molecule has 0 radical (unpaired) electrons. The van der Waals surface area contributed by atoms with Crippen LogP contribution >= 0.6 is 11.8 Å². The molecule has 3 aliphatic heterocycles. The zero-order chi connectivity index (χ0) is 39.5. The van der Waals surface area contributed by atoms with Crippen molar-refractivity contribution in [2.24, 2.45) is 16.8 Å². The van der Waals surface area contributed by atoms with Crippen LogP contribution in [0, 0.1) is 32.1 Å². The average Bonchev–Trinajstić information content (AvgIpc) is 3.71. The number of amides is 2. The summed E-state index contributed by atoms with van der Waals surface area (Å²) in [5.74, 6) is -1.00. The van der Waals surface area contributed by atoms with Crippen LogP contribution in [-0.2, 0) is 36.7 Å². The summed E-state index contributed by atoms with van der Waals surface area (Å²) in [4.78, 5) is 69.0. The molecule has 54 heavy (non-hydrogen) atoms. The molecule has 2 amide bonds. The van der Waals surface area contributed by atoms with Crippen molar-refractivity contribution in [2.45, 2.75) is 96.2 Å². The molecule has 5 atom stereocenters. The van der Waals surface area contributed by atoms with E-state index in [-0.39, 0.29) is 64.5 Å². The van der Waals surface area contributed by atoms with Crippen molar-refractivity contribution in [3.8, 4) is 0 Å². The number of carbonyl (C=O) groups is 3. The number of nitro groups is 2. The normalized spacial score (nSPS) is 21.2. The molecule has 290 valence electrons. The Bertz CT molecular complexity index is 1830. The third kappa shape index (κ3) is 9.18. The van der Waals surface area contributed by atoms with Gasteiger partial charge in [-0.1, -0.05) is 27.7 Å². The lowest BCUT2D eigenvalue weighted by atomic mass is 9.83. The quantitative estimate of drug-likeness (QED) is 0.0358. The Hall–Kier alpha value is -4.61. The summed E-state index contributed by atoms with van der Waals surface area (Å²) in [7, 11) is -2.18. The van der Waals surface area contributed by atoms with Crippen molar-refractivity contribution in [1.82, 2.24) is 9.80 Å². The molecule has 17 heteroatoms. The Balaban J connectivity index is 1.23. The molecule has 0 bridgehead atoms. The SMILES string of the molecule is CC(O[Si](C)(C)C(C)(C)C)C1C(=O)N2C(C(=O)OCc3ccc([N+](=O)[O-])cc3)=C(SC(C)C3CCN(C=NC(=O)OCc4ccc([N+](=O)[O-])cc4)C3)C[C@H]12. The van der Waals surface area contributed by atoms with E-state index in [1.807, 2.05) is 11.8 Å². The molecule has 2 fully saturated rings. The maximum atomic E-state index is 13.8. The average molecular weight is 782 g/mol. The molecule has 2 aromatic rings. The fourth-order valence-corrected chi connectivity index (χ4v) is 9.46. The number of hydrogen-bond acceptors (Lipinski definition) is 11. The van der Waals surface area contributed by atoms with Crippen LogP contribution in [0.15, 0.2) is 64.1 Å². The van der Waals surface area contributed by atoms with E-state index in [2.05, 4.69) is 45.8 Å². The van der Waals surface area contributed by atoms with Gasteiger partial charge in [-0.2, -0.15) is 4.99 Å². The molecular formula is C37H47N5O10SSi. The lowest BCUT2D eigenvalue weighted by molar-refractivity contribution is -0.385. The van der Waals surface area contributed by atoms with E-state index in [4.69, 9.17) is 13.9 Å². The predicted molar refractivity (Wildman–Crippen MR) is 205 cm³/mol. The molecule has 2 saturated heterocycles. The molecule has 2 aromatic carbocycles. The van der Waals surface area contributed by atoms with E-state index < -0.39 is 36.1 Å². The number of nitrogens with zero attached hydrogens (tertiary/aromatic N) is 5. The molecule has 0 saturated carbocycles. The molecular weight excluding hydrogens is 735 g/mol. The monoisotopic (exact) mass is 781 g/mol. The molecule has 4 unspecified atom stereocenters. The predicted octanol–water partition coefficient (Wildman–Crippen LogP) is 7.21. The van der Waals surface area contributed by atoms with Gasteiger partial charge < -0.3 is 23.7 Å². The summed E-state index contributed by atoms with van der Waals surface area (Å²) in [6, 6.07) is 11.3. The summed E-state index contributed by atoms with van der Waals surface area (Å²) < 4.78 is 17.5. The number of carbonyl (C=O) groups excluding carboxylic acids is 3. The van der Waals surface area contributed by atoms with Crippen LogP contribution in [0.4, 0.5) is 16.2 Å². The maximum Gasteiger partial charge on any atom is 0.435 e. The van der Waals surface area contributed by atoms with Crippen molar-refractivity contribution < 1.29 is 38.1 Å². The topological polar surface area (TPSA) is 184 Å². The number of fused-ring (bicyclic) bond motifs is 1.